The van der Waals surface area contributed by atoms with E-state index in [0.29, 0.717) is 22.4 Å². The second kappa shape index (κ2) is 7.59. The van der Waals surface area contributed by atoms with Gasteiger partial charge in [0.25, 0.3) is 0 Å². The van der Waals surface area contributed by atoms with Crippen molar-refractivity contribution in [2.24, 2.45) is 0 Å². The summed E-state index contributed by atoms with van der Waals surface area (Å²) >= 11 is 15.4. The highest BCUT2D eigenvalue weighted by Crippen LogP contribution is 2.21. The predicted octanol–water partition coefficient (Wildman–Crippen LogP) is 4.14. The Bertz CT molecular complexity index is 884. The van der Waals surface area contributed by atoms with Crippen molar-refractivity contribution < 1.29 is 4.79 Å². The van der Waals surface area contributed by atoms with E-state index in [9.17, 15) is 4.79 Å². The number of carbonyl (C=O) groups excluding carboxylic acids is 1. The summed E-state index contributed by atoms with van der Waals surface area (Å²) in [6, 6.07) is 7.45. The first kappa shape index (κ1) is 18.0. The van der Waals surface area contributed by atoms with Gasteiger partial charge in [-0.15, -0.1) is 0 Å². The summed E-state index contributed by atoms with van der Waals surface area (Å²) < 4.78 is 4.06. The van der Waals surface area contributed by atoms with Crippen molar-refractivity contribution in [3.63, 3.8) is 0 Å². The number of carbonyl (C=O) groups is 1. The van der Waals surface area contributed by atoms with Gasteiger partial charge in [0.1, 0.15) is 11.6 Å². The Morgan fingerprint density at radius 1 is 1.16 bits per heavy atom. The quantitative estimate of drug-likeness (QED) is 0.645. The van der Waals surface area contributed by atoms with E-state index >= 15 is 0 Å². The summed E-state index contributed by atoms with van der Waals surface area (Å²) in [5.74, 6) is 0.0669. The number of hydrogen-bond acceptors (Lipinski definition) is 3. The van der Waals surface area contributed by atoms with Crippen molar-refractivity contribution in [3.05, 3.63) is 62.4 Å². The topological polar surface area (TPSA) is 64.7 Å². The van der Waals surface area contributed by atoms with Crippen molar-refractivity contribution in [3.8, 4) is 0 Å². The summed E-state index contributed by atoms with van der Waals surface area (Å²) in [6.07, 6.45) is 3.41. The molecule has 0 saturated carbocycles. The summed E-state index contributed by atoms with van der Waals surface area (Å²) in [5, 5.41) is 12.3. The highest BCUT2D eigenvalue weighted by atomic mass is 79.9. The van der Waals surface area contributed by atoms with E-state index in [2.05, 4.69) is 31.4 Å². The lowest BCUT2D eigenvalue weighted by atomic mass is 10.2. The fourth-order valence-electron chi connectivity index (χ4n) is 2.23. The maximum Gasteiger partial charge on any atom is 0.247 e. The predicted molar refractivity (Wildman–Crippen MR) is 101 cm³/mol. The smallest absolute Gasteiger partial charge is 0.247 e. The number of rotatable bonds is 5. The number of aryl methyl sites for hydroxylation is 1. The van der Waals surface area contributed by atoms with Gasteiger partial charge in [0.2, 0.25) is 5.91 Å². The van der Waals surface area contributed by atoms with Crippen LogP contribution in [0.5, 0.6) is 0 Å². The first-order valence-electron chi connectivity index (χ1n) is 7.37. The van der Waals surface area contributed by atoms with Gasteiger partial charge in [-0.25, -0.2) is 0 Å². The Morgan fingerprint density at radius 3 is 2.52 bits per heavy atom. The van der Waals surface area contributed by atoms with E-state index in [1.165, 1.54) is 0 Å². The third-order valence-electron chi connectivity index (χ3n) is 3.42. The van der Waals surface area contributed by atoms with Crippen LogP contribution in [0.15, 0.2) is 41.1 Å². The molecule has 0 radical (unpaired) electrons. The minimum atomic E-state index is -0.256. The molecule has 25 heavy (non-hydrogen) atoms. The van der Waals surface area contributed by atoms with Gasteiger partial charge in [0.15, 0.2) is 5.82 Å². The van der Waals surface area contributed by atoms with Crippen molar-refractivity contribution in [1.29, 1.82) is 0 Å². The van der Waals surface area contributed by atoms with Crippen LogP contribution >= 0.6 is 39.1 Å². The molecular weight excluding hydrogens is 429 g/mol. The molecule has 1 aromatic carbocycles. The highest BCUT2D eigenvalue weighted by molar-refractivity contribution is 9.10. The van der Waals surface area contributed by atoms with Gasteiger partial charge >= 0.3 is 0 Å². The summed E-state index contributed by atoms with van der Waals surface area (Å²) in [7, 11) is 0. The molecule has 0 saturated heterocycles. The number of nitrogens with one attached hydrogen (secondary N) is 1. The first-order valence-corrected chi connectivity index (χ1v) is 8.92. The second-order valence-electron chi connectivity index (χ2n) is 5.46. The highest BCUT2D eigenvalue weighted by Gasteiger charge is 2.12. The monoisotopic (exact) mass is 441 g/mol. The van der Waals surface area contributed by atoms with Gasteiger partial charge in [-0.2, -0.15) is 10.2 Å². The molecule has 2 heterocycles. The molecule has 9 heteroatoms. The Hall–Kier alpha value is -1.83. The van der Waals surface area contributed by atoms with Crippen LogP contribution in [0.1, 0.15) is 11.3 Å². The van der Waals surface area contributed by atoms with Gasteiger partial charge in [0.05, 0.1) is 16.7 Å². The van der Waals surface area contributed by atoms with Crippen molar-refractivity contribution in [2.45, 2.75) is 20.0 Å². The average molecular weight is 443 g/mol. The Labute approximate surface area is 162 Å². The molecule has 3 rings (SSSR count). The van der Waals surface area contributed by atoms with Gasteiger partial charge in [-0.1, -0.05) is 35.3 Å². The third-order valence-corrected chi connectivity index (χ3v) is 4.73. The molecular formula is C16H14BrCl2N5O. The average Bonchev–Trinajstić information content (AvgIpc) is 3.04. The van der Waals surface area contributed by atoms with Gasteiger partial charge in [0, 0.05) is 17.4 Å². The van der Waals surface area contributed by atoms with E-state index in [4.69, 9.17) is 23.2 Å². The van der Waals surface area contributed by atoms with Crippen molar-refractivity contribution in [2.75, 3.05) is 5.32 Å². The molecule has 2 aromatic heterocycles. The van der Waals surface area contributed by atoms with E-state index < -0.39 is 0 Å². The van der Waals surface area contributed by atoms with Crippen LogP contribution < -0.4 is 5.32 Å². The maximum atomic E-state index is 12.1. The lowest BCUT2D eigenvalue weighted by molar-refractivity contribution is -0.116. The minimum absolute atomic E-state index is 0.0762. The largest absolute Gasteiger partial charge is 0.306 e. The normalized spacial score (nSPS) is 10.9. The molecule has 0 aliphatic heterocycles. The molecule has 0 aliphatic carbocycles. The third kappa shape index (κ3) is 4.62. The van der Waals surface area contributed by atoms with E-state index in [0.717, 1.165) is 15.7 Å². The minimum Gasteiger partial charge on any atom is -0.306 e. The van der Waals surface area contributed by atoms with Gasteiger partial charge in [-0.3, -0.25) is 14.2 Å². The number of anilines is 1. The fraction of sp³-hybridized carbons (Fsp3) is 0.188. The second-order valence-corrected chi connectivity index (χ2v) is 7.16. The van der Waals surface area contributed by atoms with E-state index in [1.54, 1.807) is 21.8 Å². The Balaban J connectivity index is 1.65. The zero-order valence-corrected chi connectivity index (χ0v) is 16.3. The van der Waals surface area contributed by atoms with Crippen LogP contribution in [0.4, 0.5) is 5.82 Å². The number of nitrogens with zero attached hydrogens (tertiary/aromatic N) is 4. The zero-order valence-electron chi connectivity index (χ0n) is 13.2. The summed E-state index contributed by atoms with van der Waals surface area (Å²) in [5.41, 5.74) is 1.84. The molecule has 6 nitrogen and oxygen atoms in total. The van der Waals surface area contributed by atoms with Crippen molar-refractivity contribution in [1.82, 2.24) is 19.6 Å². The van der Waals surface area contributed by atoms with Crippen LogP contribution in [0.2, 0.25) is 10.0 Å². The number of halogens is 3. The summed E-state index contributed by atoms with van der Waals surface area (Å²) in [6.45, 7) is 2.46. The van der Waals surface area contributed by atoms with Crippen LogP contribution in [-0.4, -0.2) is 25.5 Å². The lowest BCUT2D eigenvalue weighted by Crippen LogP contribution is -2.19. The van der Waals surface area contributed by atoms with Gasteiger partial charge in [-0.05, 0) is 40.5 Å². The number of hydrogen-bond donors (Lipinski definition) is 1. The SMILES string of the molecule is Cc1nn(CC(=O)Nc2nn(Cc3ccc(Cl)cc3)cc2Cl)cc1Br. The van der Waals surface area contributed by atoms with Crippen LogP contribution in [0.3, 0.4) is 0 Å². The summed E-state index contributed by atoms with van der Waals surface area (Å²) in [4.78, 5) is 12.1. The molecule has 1 N–H and O–H groups in total. The Morgan fingerprint density at radius 2 is 1.88 bits per heavy atom. The molecule has 0 bridgehead atoms. The zero-order chi connectivity index (χ0) is 18.0. The molecule has 130 valence electrons. The Kier molecular flexibility index (Phi) is 5.46. The lowest BCUT2D eigenvalue weighted by Gasteiger charge is -2.04. The molecule has 0 fully saturated rings. The maximum absolute atomic E-state index is 12.1. The van der Waals surface area contributed by atoms with Gasteiger partial charge < -0.3 is 5.32 Å². The molecule has 3 aromatic rings. The number of amides is 1. The molecule has 1 amide bonds. The number of benzene rings is 1. The van der Waals surface area contributed by atoms with E-state index in [-0.39, 0.29) is 12.5 Å². The van der Waals surface area contributed by atoms with Crippen molar-refractivity contribution >= 4 is 50.9 Å². The van der Waals surface area contributed by atoms with Crippen LogP contribution in [-0.2, 0) is 17.9 Å². The fourth-order valence-corrected chi connectivity index (χ4v) is 2.87. The number of aromatic nitrogens is 4. The molecule has 0 spiro atoms. The van der Waals surface area contributed by atoms with E-state index in [1.807, 2.05) is 31.2 Å². The molecule has 0 unspecified atom stereocenters. The molecule has 0 aliphatic rings. The van der Waals surface area contributed by atoms with Crippen LogP contribution in [0, 0.1) is 6.92 Å². The molecule has 0 atom stereocenters. The van der Waals surface area contributed by atoms with Crippen LogP contribution in [0.25, 0.3) is 0 Å². The first-order chi connectivity index (χ1) is 11.9. The standard InChI is InChI=1S/C16H14BrCl2N5O/c1-10-13(17)7-24(21-10)9-15(25)20-16-14(19)8-23(22-16)6-11-2-4-12(18)5-3-11/h2-5,7-8H,6,9H2,1H3,(H,20,22,25).